The summed E-state index contributed by atoms with van der Waals surface area (Å²) in [4.78, 5) is 0. The van der Waals surface area contributed by atoms with Gasteiger partial charge in [0, 0.05) is 0 Å². The highest BCUT2D eigenvalue weighted by molar-refractivity contribution is 4.96. The monoisotopic (exact) mass is 140 g/mol. The molecule has 1 saturated carbocycles. The molecule has 0 saturated heterocycles. The molecule has 0 bridgehead atoms. The van der Waals surface area contributed by atoms with Gasteiger partial charge >= 0.3 is 0 Å². The van der Waals surface area contributed by atoms with Gasteiger partial charge in [0.15, 0.2) is 0 Å². The van der Waals surface area contributed by atoms with E-state index in [1.54, 1.807) is 0 Å². The zero-order chi connectivity index (χ0) is 7.99. The van der Waals surface area contributed by atoms with Crippen molar-refractivity contribution in [2.75, 3.05) is 0 Å². The summed E-state index contributed by atoms with van der Waals surface area (Å²) in [5.74, 6) is 0.875. The van der Waals surface area contributed by atoms with Crippen molar-refractivity contribution in [2.24, 2.45) is 16.7 Å². The Bertz CT molecular complexity index is 118. The average molecular weight is 140 g/mol. The van der Waals surface area contributed by atoms with Gasteiger partial charge in [0.05, 0.1) is 0 Å². The molecule has 0 spiro atoms. The maximum absolute atomic E-state index is 2.42. The van der Waals surface area contributed by atoms with Crippen LogP contribution < -0.4 is 0 Å². The molecule has 1 aliphatic carbocycles. The van der Waals surface area contributed by atoms with Gasteiger partial charge in [-0.25, -0.2) is 0 Å². The maximum atomic E-state index is 2.42. The van der Waals surface area contributed by atoms with Crippen LogP contribution in [0.3, 0.4) is 0 Å². The van der Waals surface area contributed by atoms with E-state index in [2.05, 4.69) is 34.6 Å². The second-order valence-corrected chi connectivity index (χ2v) is 5.24. The molecule has 0 amide bonds. The van der Waals surface area contributed by atoms with Crippen LogP contribution in [0.15, 0.2) is 0 Å². The van der Waals surface area contributed by atoms with Crippen molar-refractivity contribution in [3.05, 3.63) is 0 Å². The minimum Gasteiger partial charge on any atom is -0.0615 e. The van der Waals surface area contributed by atoms with Gasteiger partial charge in [0.1, 0.15) is 0 Å². The molecule has 0 radical (unpaired) electrons. The minimum atomic E-state index is 0.505. The molecule has 1 rings (SSSR count). The lowest BCUT2D eigenvalue weighted by molar-refractivity contribution is 0.172. The lowest BCUT2D eigenvalue weighted by atomic mass is 9.73. The maximum Gasteiger partial charge on any atom is -0.0295 e. The quantitative estimate of drug-likeness (QED) is 0.523. The molecule has 1 aliphatic rings. The summed E-state index contributed by atoms with van der Waals surface area (Å²) >= 11 is 0. The molecule has 0 aromatic rings. The molecule has 1 fully saturated rings. The van der Waals surface area contributed by atoms with E-state index in [1.807, 2.05) is 0 Å². The predicted octanol–water partition coefficient (Wildman–Crippen LogP) is 3.47. The van der Waals surface area contributed by atoms with E-state index in [0.717, 1.165) is 5.92 Å². The normalized spacial score (nSPS) is 26.1. The molecule has 60 valence electrons. The molecule has 1 unspecified atom stereocenters. The van der Waals surface area contributed by atoms with E-state index in [0.29, 0.717) is 10.8 Å². The van der Waals surface area contributed by atoms with Crippen LogP contribution in [0.5, 0.6) is 0 Å². The molecular weight excluding hydrogens is 120 g/mol. The van der Waals surface area contributed by atoms with Crippen LogP contribution in [0, 0.1) is 16.7 Å². The molecule has 0 N–H and O–H groups in total. The molecule has 1 atom stereocenters. The molecule has 0 nitrogen and oxygen atoms in total. The fourth-order valence-corrected chi connectivity index (χ4v) is 1.68. The zero-order valence-electron chi connectivity index (χ0n) is 7.99. The summed E-state index contributed by atoms with van der Waals surface area (Å²) in [6.07, 6.45) is 2.90. The van der Waals surface area contributed by atoms with Crippen LogP contribution in [0.25, 0.3) is 0 Å². The van der Waals surface area contributed by atoms with Crippen molar-refractivity contribution in [1.82, 2.24) is 0 Å². The molecule has 10 heavy (non-hydrogen) atoms. The van der Waals surface area contributed by atoms with E-state index in [1.165, 1.54) is 12.8 Å². The topological polar surface area (TPSA) is 0 Å². The summed E-state index contributed by atoms with van der Waals surface area (Å²) in [5, 5.41) is 0. The van der Waals surface area contributed by atoms with Gasteiger partial charge in [-0.1, -0.05) is 34.6 Å². The van der Waals surface area contributed by atoms with Crippen LogP contribution in [0.1, 0.15) is 47.5 Å². The van der Waals surface area contributed by atoms with Crippen molar-refractivity contribution in [3.8, 4) is 0 Å². The van der Waals surface area contributed by atoms with Gasteiger partial charge in [-0.05, 0) is 29.6 Å². The van der Waals surface area contributed by atoms with Gasteiger partial charge in [0.25, 0.3) is 0 Å². The third-order valence-electron chi connectivity index (χ3n) is 3.38. The van der Waals surface area contributed by atoms with Gasteiger partial charge in [-0.15, -0.1) is 0 Å². The minimum absolute atomic E-state index is 0.505. The summed E-state index contributed by atoms with van der Waals surface area (Å²) in [7, 11) is 0. The Hall–Kier alpha value is 0. The van der Waals surface area contributed by atoms with Crippen LogP contribution in [-0.2, 0) is 0 Å². The molecule has 0 heterocycles. The summed E-state index contributed by atoms with van der Waals surface area (Å²) < 4.78 is 0. The van der Waals surface area contributed by atoms with Gasteiger partial charge in [-0.2, -0.15) is 0 Å². The predicted molar refractivity (Wildman–Crippen MR) is 46.0 cm³/mol. The zero-order valence-corrected chi connectivity index (χ0v) is 7.99. The van der Waals surface area contributed by atoms with E-state index in [-0.39, 0.29) is 0 Å². The Morgan fingerprint density at radius 1 is 1.20 bits per heavy atom. The van der Waals surface area contributed by atoms with Crippen LogP contribution in [-0.4, -0.2) is 0 Å². The van der Waals surface area contributed by atoms with Gasteiger partial charge in [-0.3, -0.25) is 0 Å². The standard InChI is InChI=1S/C10H20/c1-8(9(2,3)4)10(5)6-7-10/h8H,6-7H2,1-5H3. The van der Waals surface area contributed by atoms with E-state index >= 15 is 0 Å². The smallest absolute Gasteiger partial charge is 0.0295 e. The molecule has 0 aromatic heterocycles. The van der Waals surface area contributed by atoms with Crippen LogP contribution in [0.4, 0.5) is 0 Å². The molecule has 0 heteroatoms. The third kappa shape index (κ3) is 1.36. The van der Waals surface area contributed by atoms with E-state index in [4.69, 9.17) is 0 Å². The van der Waals surface area contributed by atoms with Crippen molar-refractivity contribution < 1.29 is 0 Å². The Labute approximate surface area is 65.0 Å². The Kier molecular flexibility index (Phi) is 1.61. The number of hydrogen-bond donors (Lipinski definition) is 0. The van der Waals surface area contributed by atoms with Gasteiger partial charge in [0.2, 0.25) is 0 Å². The third-order valence-corrected chi connectivity index (χ3v) is 3.38. The van der Waals surface area contributed by atoms with E-state index in [9.17, 15) is 0 Å². The fourth-order valence-electron chi connectivity index (χ4n) is 1.68. The van der Waals surface area contributed by atoms with Crippen LogP contribution >= 0.6 is 0 Å². The first-order chi connectivity index (χ1) is 4.36. The van der Waals surface area contributed by atoms with Crippen molar-refractivity contribution >= 4 is 0 Å². The first-order valence-electron chi connectivity index (χ1n) is 4.36. The average Bonchev–Trinajstić information content (AvgIpc) is 2.45. The first-order valence-corrected chi connectivity index (χ1v) is 4.36. The van der Waals surface area contributed by atoms with Crippen molar-refractivity contribution in [2.45, 2.75) is 47.5 Å². The summed E-state index contributed by atoms with van der Waals surface area (Å²) in [6.45, 7) is 11.9. The lowest BCUT2D eigenvalue weighted by Gasteiger charge is -2.32. The number of rotatable bonds is 1. The highest BCUT2D eigenvalue weighted by atomic mass is 14.5. The molecular formula is C10H20. The largest absolute Gasteiger partial charge is 0.0615 e. The van der Waals surface area contributed by atoms with Crippen molar-refractivity contribution in [1.29, 1.82) is 0 Å². The fraction of sp³-hybridized carbons (Fsp3) is 1.00. The van der Waals surface area contributed by atoms with E-state index < -0.39 is 0 Å². The molecule has 0 aromatic carbocycles. The number of hydrogen-bond acceptors (Lipinski definition) is 0. The SMILES string of the molecule is CC(C(C)(C)C)C1(C)CC1. The Morgan fingerprint density at radius 3 is 1.70 bits per heavy atom. The Balaban J connectivity index is 2.57. The first kappa shape index (κ1) is 8.10. The van der Waals surface area contributed by atoms with Crippen molar-refractivity contribution in [3.63, 3.8) is 0 Å². The highest BCUT2D eigenvalue weighted by Crippen LogP contribution is 2.56. The second kappa shape index (κ2) is 1.99. The lowest BCUT2D eigenvalue weighted by Crippen LogP contribution is -2.24. The van der Waals surface area contributed by atoms with Crippen LogP contribution in [0.2, 0.25) is 0 Å². The summed E-state index contributed by atoms with van der Waals surface area (Å²) in [5.41, 5.74) is 1.20. The summed E-state index contributed by atoms with van der Waals surface area (Å²) in [6, 6.07) is 0. The van der Waals surface area contributed by atoms with Gasteiger partial charge < -0.3 is 0 Å². The Morgan fingerprint density at radius 2 is 1.60 bits per heavy atom. The second-order valence-electron chi connectivity index (χ2n) is 5.24. The molecule has 0 aliphatic heterocycles. The highest BCUT2D eigenvalue weighted by Gasteiger charge is 2.46.